The van der Waals surface area contributed by atoms with Gasteiger partial charge in [0.15, 0.2) is 9.84 Å². The first-order chi connectivity index (χ1) is 17.2. The minimum atomic E-state index is -3.33. The zero-order valence-electron chi connectivity index (χ0n) is 19.3. The van der Waals surface area contributed by atoms with Gasteiger partial charge in [-0.3, -0.25) is 0 Å². The van der Waals surface area contributed by atoms with Gasteiger partial charge in [0, 0.05) is 43.8 Å². The minimum absolute atomic E-state index is 0. The number of anilines is 1. The van der Waals surface area contributed by atoms with Crippen molar-refractivity contribution in [1.82, 2.24) is 0 Å². The van der Waals surface area contributed by atoms with Gasteiger partial charge in [-0.2, -0.15) is 15.3 Å². The smallest absolute Gasteiger partial charge is 0.165 e. The average molecular weight is 619 g/mol. The SMILES string of the molecule is CS(=O)(=O)CNc1ccc2c(O)c(N=Nc3ccccc3)c([S-](=O)=O)c(N=Nc3ccccc3)c2c1.[Mo]. The molecule has 0 bridgehead atoms. The predicted molar refractivity (Wildman–Crippen MR) is 137 cm³/mol. The van der Waals surface area contributed by atoms with Crippen LogP contribution in [0.25, 0.3) is 10.8 Å². The van der Waals surface area contributed by atoms with Crippen LogP contribution in [0.3, 0.4) is 0 Å². The van der Waals surface area contributed by atoms with Crippen LogP contribution in [0.15, 0.2) is 104 Å². The summed E-state index contributed by atoms with van der Waals surface area (Å²) in [6.45, 7) is 0. The van der Waals surface area contributed by atoms with Crippen molar-refractivity contribution in [1.29, 1.82) is 0 Å². The Morgan fingerprint density at radius 3 is 1.84 bits per heavy atom. The van der Waals surface area contributed by atoms with Crippen molar-refractivity contribution in [3.8, 4) is 5.75 Å². The summed E-state index contributed by atoms with van der Waals surface area (Å²) in [6, 6.07) is 21.9. The van der Waals surface area contributed by atoms with E-state index in [2.05, 4.69) is 25.8 Å². The zero-order valence-corrected chi connectivity index (χ0v) is 22.9. The van der Waals surface area contributed by atoms with E-state index in [0.29, 0.717) is 17.1 Å². The molecule has 0 radical (unpaired) electrons. The van der Waals surface area contributed by atoms with E-state index in [4.69, 9.17) is 0 Å². The van der Waals surface area contributed by atoms with Gasteiger partial charge in [0.25, 0.3) is 0 Å². The molecule has 4 aromatic carbocycles. The third-order valence-corrected chi connectivity index (χ3v) is 6.32. The first kappa shape index (κ1) is 28.1. The van der Waals surface area contributed by atoms with Crippen LogP contribution in [0.4, 0.5) is 28.4 Å². The molecule has 0 heterocycles. The average Bonchev–Trinajstić information content (AvgIpc) is 2.86. The number of hydrogen-bond acceptors (Lipinski definition) is 11. The van der Waals surface area contributed by atoms with Gasteiger partial charge in [0.1, 0.15) is 17.3 Å². The van der Waals surface area contributed by atoms with Crippen LogP contribution in [0.1, 0.15) is 0 Å². The molecular weight excluding hydrogens is 598 g/mol. The summed E-state index contributed by atoms with van der Waals surface area (Å²) < 4.78 is 48.0. The number of phenols is 1. The molecule has 13 heteroatoms. The Bertz CT molecular complexity index is 1650. The molecule has 0 saturated carbocycles. The van der Waals surface area contributed by atoms with Crippen LogP contribution in [0.5, 0.6) is 5.75 Å². The maximum absolute atomic E-state index is 12.4. The molecule has 0 aromatic heterocycles. The van der Waals surface area contributed by atoms with Gasteiger partial charge < -0.3 is 18.8 Å². The minimum Gasteiger partial charge on any atom is -0.505 e. The van der Waals surface area contributed by atoms with E-state index in [0.717, 1.165) is 6.26 Å². The second-order valence-electron chi connectivity index (χ2n) is 7.69. The number of fused-ring (bicyclic) bond motifs is 1. The van der Waals surface area contributed by atoms with Crippen LogP contribution in [-0.4, -0.2) is 25.7 Å². The number of phenolic OH excluding ortho intramolecular Hbond substituents is 1. The van der Waals surface area contributed by atoms with E-state index in [1.165, 1.54) is 12.1 Å². The first-order valence-corrected chi connectivity index (χ1v) is 13.6. The number of nitrogens with zero attached hydrogens (tertiary/aromatic N) is 4. The van der Waals surface area contributed by atoms with Gasteiger partial charge >= 0.3 is 0 Å². The van der Waals surface area contributed by atoms with Gasteiger partial charge in [-0.25, -0.2) is 8.42 Å². The van der Waals surface area contributed by atoms with E-state index in [1.807, 2.05) is 0 Å². The Hall–Kier alpha value is -3.47. The molecule has 0 atom stereocenters. The van der Waals surface area contributed by atoms with Crippen LogP contribution in [0, 0.1) is 0 Å². The maximum Gasteiger partial charge on any atom is 0.165 e. The molecule has 2 N–H and O–H groups in total. The Labute approximate surface area is 229 Å². The topological polar surface area (TPSA) is 150 Å². The normalized spacial score (nSPS) is 11.8. The van der Waals surface area contributed by atoms with Gasteiger partial charge in [0.05, 0.1) is 17.1 Å². The molecule has 4 aromatic rings. The molecule has 0 unspecified atom stereocenters. The second-order valence-corrected chi connectivity index (χ2v) is 10.7. The number of rotatable bonds is 8. The van der Waals surface area contributed by atoms with Gasteiger partial charge in [-0.1, -0.05) is 36.4 Å². The number of aromatic hydroxyl groups is 1. The summed E-state index contributed by atoms with van der Waals surface area (Å²) in [5, 5.41) is 30.7. The van der Waals surface area contributed by atoms with E-state index in [-0.39, 0.29) is 49.1 Å². The molecule has 0 aliphatic rings. The van der Waals surface area contributed by atoms with E-state index in [1.54, 1.807) is 66.7 Å². The number of azo groups is 2. The molecule has 190 valence electrons. The zero-order chi connectivity index (χ0) is 25.7. The van der Waals surface area contributed by atoms with E-state index < -0.39 is 31.2 Å². The van der Waals surface area contributed by atoms with Crippen molar-refractivity contribution >= 4 is 59.8 Å². The van der Waals surface area contributed by atoms with Gasteiger partial charge in [-0.05, 0) is 58.1 Å². The predicted octanol–water partition coefficient (Wildman–Crippen LogP) is 6.46. The third kappa shape index (κ3) is 7.06. The van der Waals surface area contributed by atoms with Crippen molar-refractivity contribution < 1.29 is 43.0 Å². The molecule has 4 rings (SSSR count). The molecule has 10 nitrogen and oxygen atoms in total. The van der Waals surface area contributed by atoms with E-state index >= 15 is 0 Å². The van der Waals surface area contributed by atoms with Crippen LogP contribution in [-0.2, 0) is 50.0 Å². The number of benzene rings is 4. The maximum atomic E-state index is 12.4. The largest absolute Gasteiger partial charge is 0.505 e. The Morgan fingerprint density at radius 1 is 0.784 bits per heavy atom. The quantitative estimate of drug-likeness (QED) is 0.132. The summed E-state index contributed by atoms with van der Waals surface area (Å²) in [5.41, 5.74) is 0.931. The van der Waals surface area contributed by atoms with Gasteiger partial charge in [-0.15, -0.1) is 5.11 Å². The Balaban J connectivity index is 0.00000380. The number of nitrogens with one attached hydrogen (secondary N) is 1. The Morgan fingerprint density at radius 2 is 1.32 bits per heavy atom. The summed E-state index contributed by atoms with van der Waals surface area (Å²) in [7, 11) is -6.22. The first-order valence-electron chi connectivity index (χ1n) is 10.5. The van der Waals surface area contributed by atoms with Gasteiger partial charge in [0.2, 0.25) is 0 Å². The van der Waals surface area contributed by atoms with Crippen molar-refractivity contribution in [2.75, 3.05) is 17.4 Å². The van der Waals surface area contributed by atoms with Crippen LogP contribution in [0.2, 0.25) is 0 Å². The standard InChI is InChI=1S/C24H20N5O5S2.Mo/c1-36(33,34)15-25-18-12-13-19-20(14-18)21(28-26-16-8-4-2-5-9-16)24(35(31)32)22(23(19)30)29-27-17-10-6-3-7-11-17;/h2-14,25,30H,15H2,1H3;/q-1;. The Kier molecular flexibility index (Phi) is 9.25. The second kappa shape index (κ2) is 12.2. The fourth-order valence-corrected chi connectivity index (χ4v) is 4.33. The molecule has 37 heavy (non-hydrogen) atoms. The van der Waals surface area contributed by atoms with Crippen LogP contribution < -0.4 is 5.32 Å². The molecular formula is C24H20MoN5O5S2-. The van der Waals surface area contributed by atoms with E-state index in [9.17, 15) is 21.9 Å². The third-order valence-electron chi connectivity index (χ3n) is 4.93. The molecule has 0 aliphatic heterocycles. The molecule has 0 spiro atoms. The fourth-order valence-electron chi connectivity index (χ4n) is 3.30. The van der Waals surface area contributed by atoms with Crippen molar-refractivity contribution in [3.05, 3.63) is 78.9 Å². The van der Waals surface area contributed by atoms with Crippen molar-refractivity contribution in [2.45, 2.75) is 4.90 Å². The molecule has 0 aliphatic carbocycles. The molecule has 0 saturated heterocycles. The number of sulfone groups is 1. The monoisotopic (exact) mass is 620 g/mol. The fraction of sp³-hybridized carbons (Fsp3) is 0.0833. The molecule has 0 amide bonds. The summed E-state index contributed by atoms with van der Waals surface area (Å²) in [5.74, 6) is -0.757. The summed E-state index contributed by atoms with van der Waals surface area (Å²) in [6.07, 6.45) is 1.08. The molecule has 0 fully saturated rings. The van der Waals surface area contributed by atoms with Crippen molar-refractivity contribution in [3.63, 3.8) is 0 Å². The van der Waals surface area contributed by atoms with Crippen LogP contribution >= 0.6 is 0 Å². The number of hydrogen-bond donors (Lipinski definition) is 2. The van der Waals surface area contributed by atoms with Crippen molar-refractivity contribution in [2.24, 2.45) is 20.5 Å². The summed E-state index contributed by atoms with van der Waals surface area (Å²) >= 11 is 0. The summed E-state index contributed by atoms with van der Waals surface area (Å²) in [4.78, 5) is -0.403.